The lowest BCUT2D eigenvalue weighted by Gasteiger charge is -2.33. The molecule has 0 spiro atoms. The van der Waals surface area contributed by atoms with Crippen LogP contribution in [-0.2, 0) is 0 Å². The summed E-state index contributed by atoms with van der Waals surface area (Å²) in [6.07, 6.45) is 10.9. The van der Waals surface area contributed by atoms with E-state index in [2.05, 4.69) is 15.0 Å². The summed E-state index contributed by atoms with van der Waals surface area (Å²) in [5, 5.41) is 0. The maximum Gasteiger partial charge on any atom is 0.255 e. The summed E-state index contributed by atoms with van der Waals surface area (Å²) in [6, 6.07) is 5.64. The minimum Gasteiger partial charge on any atom is -0.338 e. The average Bonchev–Trinajstić information content (AvgIpc) is 3.10. The lowest BCUT2D eigenvalue weighted by Crippen LogP contribution is -2.39. The summed E-state index contributed by atoms with van der Waals surface area (Å²) in [5.74, 6) is 1.06. The molecule has 1 fully saturated rings. The highest BCUT2D eigenvalue weighted by atomic mass is 16.2. The van der Waals surface area contributed by atoms with Crippen molar-refractivity contribution in [2.45, 2.75) is 18.8 Å². The topological polar surface area (TPSA) is 63.4 Å². The lowest BCUT2D eigenvalue weighted by molar-refractivity contribution is 0.0705. The van der Waals surface area contributed by atoms with Crippen molar-refractivity contribution >= 4 is 11.7 Å². The third kappa shape index (κ3) is 2.56. The lowest BCUT2D eigenvalue weighted by atomic mass is 9.94. The minimum atomic E-state index is 0.0544. The van der Waals surface area contributed by atoms with Gasteiger partial charge >= 0.3 is 0 Å². The standard InChI is InChI=1S/C17H17N5O/c23-16(13-3-1-6-18-11-13)21-9-2-4-14(12-21)15-5-7-19-17-20-8-10-22(15)17/h1,3,5-8,10-11,14H,2,4,9,12H2. The number of likely N-dealkylation sites (tertiary alicyclic amines) is 1. The molecule has 1 saturated heterocycles. The average molecular weight is 307 g/mol. The Bertz CT molecular complexity index is 829. The number of carbonyl (C=O) groups is 1. The highest BCUT2D eigenvalue weighted by Gasteiger charge is 2.27. The van der Waals surface area contributed by atoms with Crippen LogP contribution in [0.5, 0.6) is 0 Å². The smallest absolute Gasteiger partial charge is 0.255 e. The summed E-state index contributed by atoms with van der Waals surface area (Å²) in [5.41, 5.74) is 1.81. The largest absolute Gasteiger partial charge is 0.338 e. The first kappa shape index (κ1) is 13.9. The molecular weight excluding hydrogens is 290 g/mol. The van der Waals surface area contributed by atoms with Crippen molar-refractivity contribution in [3.63, 3.8) is 0 Å². The molecule has 0 N–H and O–H groups in total. The van der Waals surface area contributed by atoms with Crippen molar-refractivity contribution in [3.05, 3.63) is 60.4 Å². The zero-order valence-corrected chi connectivity index (χ0v) is 12.7. The van der Waals surface area contributed by atoms with E-state index in [9.17, 15) is 4.79 Å². The predicted octanol–water partition coefficient (Wildman–Crippen LogP) is 2.14. The van der Waals surface area contributed by atoms with Crippen LogP contribution in [0.15, 0.2) is 49.2 Å². The number of carbonyl (C=O) groups excluding carboxylic acids is 1. The van der Waals surface area contributed by atoms with E-state index < -0.39 is 0 Å². The zero-order valence-electron chi connectivity index (χ0n) is 12.7. The van der Waals surface area contributed by atoms with Crippen LogP contribution >= 0.6 is 0 Å². The first-order valence-electron chi connectivity index (χ1n) is 7.80. The van der Waals surface area contributed by atoms with Crippen LogP contribution in [0.4, 0.5) is 0 Å². The number of nitrogens with zero attached hydrogens (tertiary/aromatic N) is 5. The van der Waals surface area contributed by atoms with Crippen molar-refractivity contribution < 1.29 is 4.79 Å². The molecule has 0 bridgehead atoms. The molecule has 1 unspecified atom stereocenters. The number of fused-ring (bicyclic) bond motifs is 1. The van der Waals surface area contributed by atoms with Gasteiger partial charge in [-0.25, -0.2) is 9.97 Å². The van der Waals surface area contributed by atoms with Gasteiger partial charge in [-0.3, -0.25) is 14.2 Å². The Morgan fingerprint density at radius 3 is 2.96 bits per heavy atom. The minimum absolute atomic E-state index is 0.0544. The number of piperidine rings is 1. The fourth-order valence-electron chi connectivity index (χ4n) is 3.26. The molecule has 3 aromatic heterocycles. The van der Waals surface area contributed by atoms with Crippen LogP contribution in [0.1, 0.15) is 34.8 Å². The van der Waals surface area contributed by atoms with Crippen molar-refractivity contribution in [1.82, 2.24) is 24.3 Å². The molecule has 1 aliphatic heterocycles. The fraction of sp³-hybridized carbons (Fsp3) is 0.294. The second-order valence-corrected chi connectivity index (χ2v) is 5.80. The van der Waals surface area contributed by atoms with Gasteiger partial charge in [0.25, 0.3) is 5.91 Å². The Hall–Kier alpha value is -2.76. The molecule has 6 heteroatoms. The van der Waals surface area contributed by atoms with E-state index in [0.717, 1.165) is 25.1 Å². The van der Waals surface area contributed by atoms with E-state index in [4.69, 9.17) is 0 Å². The number of aromatic nitrogens is 4. The van der Waals surface area contributed by atoms with Gasteiger partial charge in [0.1, 0.15) is 0 Å². The van der Waals surface area contributed by atoms with Crippen LogP contribution in [-0.4, -0.2) is 43.2 Å². The van der Waals surface area contributed by atoms with Crippen LogP contribution < -0.4 is 0 Å². The summed E-state index contributed by atoms with van der Waals surface area (Å²) >= 11 is 0. The van der Waals surface area contributed by atoms with Crippen molar-refractivity contribution in [1.29, 1.82) is 0 Å². The highest BCUT2D eigenvalue weighted by molar-refractivity contribution is 5.94. The van der Waals surface area contributed by atoms with Gasteiger partial charge in [-0.15, -0.1) is 0 Å². The van der Waals surface area contributed by atoms with Gasteiger partial charge in [0.05, 0.1) is 5.56 Å². The van der Waals surface area contributed by atoms with E-state index in [1.807, 2.05) is 27.6 Å². The Labute approximate surface area is 133 Å². The van der Waals surface area contributed by atoms with Gasteiger partial charge in [0.2, 0.25) is 5.78 Å². The molecular formula is C17H17N5O. The van der Waals surface area contributed by atoms with Crippen LogP contribution in [0.2, 0.25) is 0 Å². The van der Waals surface area contributed by atoms with Gasteiger partial charge in [0.15, 0.2) is 0 Å². The fourth-order valence-corrected chi connectivity index (χ4v) is 3.26. The van der Waals surface area contributed by atoms with E-state index in [1.165, 1.54) is 0 Å². The van der Waals surface area contributed by atoms with Gasteiger partial charge < -0.3 is 4.90 Å². The Morgan fingerprint density at radius 2 is 2.09 bits per heavy atom. The highest BCUT2D eigenvalue weighted by Crippen LogP contribution is 2.27. The second-order valence-electron chi connectivity index (χ2n) is 5.80. The number of imidazole rings is 1. The van der Waals surface area contributed by atoms with Gasteiger partial charge in [-0.05, 0) is 31.0 Å². The van der Waals surface area contributed by atoms with E-state index in [-0.39, 0.29) is 5.91 Å². The van der Waals surface area contributed by atoms with Crippen molar-refractivity contribution in [2.24, 2.45) is 0 Å². The van der Waals surface area contributed by atoms with Crippen molar-refractivity contribution in [3.8, 4) is 0 Å². The molecule has 0 radical (unpaired) electrons. The molecule has 1 aliphatic rings. The van der Waals surface area contributed by atoms with Gasteiger partial charge in [0, 0.05) is 55.7 Å². The summed E-state index contributed by atoms with van der Waals surface area (Å²) in [6.45, 7) is 1.51. The molecule has 1 amide bonds. The molecule has 0 aromatic carbocycles. The SMILES string of the molecule is O=C(c1cccnc1)N1CCCC(c2ccnc3nccn23)C1. The quantitative estimate of drug-likeness (QED) is 0.727. The first-order valence-corrected chi connectivity index (χ1v) is 7.80. The monoisotopic (exact) mass is 307 g/mol. The van der Waals surface area contributed by atoms with E-state index in [1.54, 1.807) is 30.9 Å². The summed E-state index contributed by atoms with van der Waals surface area (Å²) in [4.78, 5) is 27.1. The molecule has 3 aromatic rings. The normalized spacial score (nSPS) is 18.3. The van der Waals surface area contributed by atoms with E-state index in [0.29, 0.717) is 23.8 Å². The molecule has 4 heterocycles. The van der Waals surface area contributed by atoms with Crippen molar-refractivity contribution in [2.75, 3.05) is 13.1 Å². The Kier molecular flexibility index (Phi) is 3.49. The predicted molar refractivity (Wildman–Crippen MR) is 85.1 cm³/mol. The summed E-state index contributed by atoms with van der Waals surface area (Å²) in [7, 11) is 0. The number of pyridine rings is 1. The van der Waals surface area contributed by atoms with E-state index >= 15 is 0 Å². The first-order chi connectivity index (χ1) is 11.3. The molecule has 0 aliphatic carbocycles. The van der Waals surface area contributed by atoms with Crippen LogP contribution in [0.25, 0.3) is 5.78 Å². The molecule has 116 valence electrons. The molecule has 6 nitrogen and oxygen atoms in total. The third-order valence-corrected chi connectivity index (χ3v) is 4.37. The molecule has 23 heavy (non-hydrogen) atoms. The maximum atomic E-state index is 12.6. The maximum absolute atomic E-state index is 12.6. The molecule has 1 atom stereocenters. The van der Waals surface area contributed by atoms with Crippen LogP contribution in [0.3, 0.4) is 0 Å². The van der Waals surface area contributed by atoms with Crippen LogP contribution in [0, 0.1) is 0 Å². The Morgan fingerprint density at radius 1 is 1.17 bits per heavy atom. The number of hydrogen-bond donors (Lipinski definition) is 0. The third-order valence-electron chi connectivity index (χ3n) is 4.37. The van der Waals surface area contributed by atoms with Gasteiger partial charge in [-0.2, -0.15) is 0 Å². The number of hydrogen-bond acceptors (Lipinski definition) is 4. The number of rotatable bonds is 2. The van der Waals surface area contributed by atoms with Gasteiger partial charge in [-0.1, -0.05) is 0 Å². The summed E-state index contributed by atoms with van der Waals surface area (Å²) < 4.78 is 2.02. The molecule has 4 rings (SSSR count). The Balaban J connectivity index is 1.60. The molecule has 0 saturated carbocycles. The number of amides is 1. The zero-order chi connectivity index (χ0) is 15.6. The second kappa shape index (κ2) is 5.79.